The third-order valence-electron chi connectivity index (χ3n) is 4.67. The second kappa shape index (κ2) is 4.99. The first-order valence-electron chi connectivity index (χ1n) is 7.95. The van der Waals surface area contributed by atoms with Crippen molar-refractivity contribution in [2.45, 2.75) is 76.8 Å². The molecule has 116 valence electrons. The van der Waals surface area contributed by atoms with Gasteiger partial charge in [-0.15, -0.1) is 0 Å². The first-order chi connectivity index (χ1) is 9.77. The van der Waals surface area contributed by atoms with Crippen LogP contribution in [0.2, 0.25) is 0 Å². The topological polar surface area (TPSA) is 38.7 Å². The zero-order valence-corrected chi connectivity index (χ0v) is 13.5. The molecule has 1 heterocycles. The largest absolute Gasteiger partial charge is 0.487 e. The fourth-order valence-electron chi connectivity index (χ4n) is 3.69. The Morgan fingerprint density at radius 3 is 2.67 bits per heavy atom. The molecule has 1 saturated heterocycles. The summed E-state index contributed by atoms with van der Waals surface area (Å²) in [5, 5.41) is 10.2. The normalized spacial score (nSPS) is 30.0. The molecule has 2 atom stereocenters. The molecule has 1 N–H and O–H groups in total. The smallest absolute Gasteiger partial charge is 0.130 e. The van der Waals surface area contributed by atoms with Crippen molar-refractivity contribution in [1.29, 1.82) is 0 Å². The molecule has 1 unspecified atom stereocenters. The van der Waals surface area contributed by atoms with Crippen molar-refractivity contribution in [3.05, 3.63) is 29.3 Å². The number of fused-ring (bicyclic) bond motifs is 1. The fraction of sp³-hybridized carbons (Fsp3) is 0.667. The molecule has 21 heavy (non-hydrogen) atoms. The second-order valence-corrected chi connectivity index (χ2v) is 7.54. The SMILES string of the molecule is CC1(C)CC(Oc2ccc3c(c2)[C@H](O)CCC3)C(C)(C)O1. The highest BCUT2D eigenvalue weighted by atomic mass is 16.6. The number of rotatable bonds is 2. The van der Waals surface area contributed by atoms with Gasteiger partial charge in [0.15, 0.2) is 0 Å². The molecule has 1 aromatic carbocycles. The van der Waals surface area contributed by atoms with E-state index in [4.69, 9.17) is 9.47 Å². The van der Waals surface area contributed by atoms with Gasteiger partial charge in [0.25, 0.3) is 0 Å². The van der Waals surface area contributed by atoms with Crippen molar-refractivity contribution in [2.24, 2.45) is 0 Å². The van der Waals surface area contributed by atoms with Gasteiger partial charge in [-0.2, -0.15) is 0 Å². The average molecular weight is 290 g/mol. The summed E-state index contributed by atoms with van der Waals surface area (Å²) in [7, 11) is 0. The quantitative estimate of drug-likeness (QED) is 0.901. The van der Waals surface area contributed by atoms with Crippen molar-refractivity contribution in [2.75, 3.05) is 0 Å². The van der Waals surface area contributed by atoms with Crippen molar-refractivity contribution < 1.29 is 14.6 Å². The van der Waals surface area contributed by atoms with E-state index in [0.717, 1.165) is 37.0 Å². The van der Waals surface area contributed by atoms with E-state index in [1.165, 1.54) is 5.56 Å². The molecule has 0 amide bonds. The number of aliphatic hydroxyl groups excluding tert-OH is 1. The van der Waals surface area contributed by atoms with Gasteiger partial charge in [-0.3, -0.25) is 0 Å². The third kappa shape index (κ3) is 2.95. The van der Waals surface area contributed by atoms with Gasteiger partial charge in [-0.05, 0) is 70.2 Å². The maximum absolute atomic E-state index is 10.2. The summed E-state index contributed by atoms with van der Waals surface area (Å²) in [4.78, 5) is 0. The minimum absolute atomic E-state index is 0.0336. The Labute approximate surface area is 127 Å². The van der Waals surface area contributed by atoms with Crippen LogP contribution in [0.5, 0.6) is 5.75 Å². The predicted molar refractivity (Wildman–Crippen MR) is 82.6 cm³/mol. The van der Waals surface area contributed by atoms with Crippen LogP contribution in [0, 0.1) is 0 Å². The van der Waals surface area contributed by atoms with Gasteiger partial charge in [0, 0.05) is 6.42 Å². The molecule has 0 saturated carbocycles. The second-order valence-electron chi connectivity index (χ2n) is 7.54. The monoisotopic (exact) mass is 290 g/mol. The lowest BCUT2D eigenvalue weighted by atomic mass is 9.89. The van der Waals surface area contributed by atoms with Crippen molar-refractivity contribution in [3.63, 3.8) is 0 Å². The van der Waals surface area contributed by atoms with Crippen molar-refractivity contribution in [3.8, 4) is 5.75 Å². The van der Waals surface area contributed by atoms with Gasteiger partial charge < -0.3 is 14.6 Å². The van der Waals surface area contributed by atoms with E-state index in [1.54, 1.807) is 0 Å². The number of aliphatic hydroxyl groups is 1. The Bertz CT molecular complexity index is 533. The Hall–Kier alpha value is -1.06. The summed E-state index contributed by atoms with van der Waals surface area (Å²) < 4.78 is 12.3. The number of benzene rings is 1. The number of hydrogen-bond acceptors (Lipinski definition) is 3. The number of hydrogen-bond donors (Lipinski definition) is 1. The van der Waals surface area contributed by atoms with Crippen LogP contribution in [0.4, 0.5) is 0 Å². The highest BCUT2D eigenvalue weighted by molar-refractivity contribution is 5.38. The molecular weight excluding hydrogens is 264 g/mol. The Kier molecular flexibility index (Phi) is 3.53. The zero-order chi connectivity index (χ0) is 15.3. The van der Waals surface area contributed by atoms with E-state index in [0.29, 0.717) is 0 Å². The molecular formula is C18H26O3. The summed E-state index contributed by atoms with van der Waals surface area (Å²) in [6.07, 6.45) is 3.53. The van der Waals surface area contributed by atoms with E-state index in [1.807, 2.05) is 12.1 Å². The molecule has 0 aromatic heterocycles. The molecule has 0 spiro atoms. The van der Waals surface area contributed by atoms with E-state index in [-0.39, 0.29) is 23.4 Å². The highest BCUT2D eigenvalue weighted by Gasteiger charge is 2.47. The fourth-order valence-corrected chi connectivity index (χ4v) is 3.69. The lowest BCUT2D eigenvalue weighted by molar-refractivity contribution is -0.0846. The van der Waals surface area contributed by atoms with E-state index in [9.17, 15) is 5.11 Å². The van der Waals surface area contributed by atoms with Crippen LogP contribution in [0.25, 0.3) is 0 Å². The minimum Gasteiger partial charge on any atom is -0.487 e. The molecule has 1 aromatic rings. The average Bonchev–Trinajstić information content (AvgIpc) is 2.58. The zero-order valence-electron chi connectivity index (χ0n) is 13.5. The number of ether oxygens (including phenoxy) is 2. The Morgan fingerprint density at radius 1 is 1.24 bits per heavy atom. The van der Waals surface area contributed by atoms with Gasteiger partial charge in [0.05, 0.1) is 11.7 Å². The number of aryl methyl sites for hydroxylation is 1. The molecule has 3 nitrogen and oxygen atoms in total. The van der Waals surface area contributed by atoms with E-state index < -0.39 is 0 Å². The molecule has 3 rings (SSSR count). The van der Waals surface area contributed by atoms with Crippen LogP contribution in [-0.2, 0) is 11.2 Å². The molecule has 3 heteroatoms. The molecule has 0 radical (unpaired) electrons. The van der Waals surface area contributed by atoms with Crippen LogP contribution < -0.4 is 4.74 Å². The van der Waals surface area contributed by atoms with Crippen LogP contribution in [-0.4, -0.2) is 22.4 Å². The molecule has 0 bridgehead atoms. The van der Waals surface area contributed by atoms with Gasteiger partial charge >= 0.3 is 0 Å². The summed E-state index contributed by atoms with van der Waals surface area (Å²) in [5.41, 5.74) is 1.85. The maximum atomic E-state index is 10.2. The summed E-state index contributed by atoms with van der Waals surface area (Å²) >= 11 is 0. The van der Waals surface area contributed by atoms with Gasteiger partial charge in [-0.25, -0.2) is 0 Å². The van der Waals surface area contributed by atoms with Crippen LogP contribution in [0.15, 0.2) is 18.2 Å². The lowest BCUT2D eigenvalue weighted by Gasteiger charge is -2.28. The van der Waals surface area contributed by atoms with Crippen LogP contribution in [0.1, 0.15) is 64.2 Å². The summed E-state index contributed by atoms with van der Waals surface area (Å²) in [5.74, 6) is 0.842. The van der Waals surface area contributed by atoms with Crippen LogP contribution in [0.3, 0.4) is 0 Å². The highest BCUT2D eigenvalue weighted by Crippen LogP contribution is 2.40. The molecule has 1 fully saturated rings. The van der Waals surface area contributed by atoms with Crippen molar-refractivity contribution >= 4 is 0 Å². The first-order valence-corrected chi connectivity index (χ1v) is 7.95. The maximum Gasteiger partial charge on any atom is 0.130 e. The molecule has 2 aliphatic rings. The third-order valence-corrected chi connectivity index (χ3v) is 4.67. The lowest BCUT2D eigenvalue weighted by Crippen LogP contribution is -2.36. The summed E-state index contributed by atoms with van der Waals surface area (Å²) in [6, 6.07) is 6.14. The molecule has 1 aliphatic heterocycles. The minimum atomic E-state index is -0.346. The Balaban J connectivity index is 1.81. The van der Waals surface area contributed by atoms with E-state index in [2.05, 4.69) is 33.8 Å². The summed E-state index contributed by atoms with van der Waals surface area (Å²) in [6.45, 7) is 8.38. The van der Waals surface area contributed by atoms with Gasteiger partial charge in [-0.1, -0.05) is 6.07 Å². The van der Waals surface area contributed by atoms with Gasteiger partial charge in [0.2, 0.25) is 0 Å². The standard InChI is InChI=1S/C18H26O3/c1-17(2)11-16(18(3,4)21-17)20-13-9-8-12-6-5-7-15(19)14(12)10-13/h8-10,15-16,19H,5-7,11H2,1-4H3/t15-,16?/m1/s1. The first kappa shape index (κ1) is 14.9. The molecule has 1 aliphatic carbocycles. The Morgan fingerprint density at radius 2 is 2.00 bits per heavy atom. The predicted octanol–water partition coefficient (Wildman–Crippen LogP) is 3.78. The van der Waals surface area contributed by atoms with E-state index >= 15 is 0 Å². The van der Waals surface area contributed by atoms with Crippen molar-refractivity contribution in [1.82, 2.24) is 0 Å². The van der Waals surface area contributed by atoms with Gasteiger partial charge in [0.1, 0.15) is 17.5 Å². The van der Waals surface area contributed by atoms with Crippen LogP contribution >= 0.6 is 0 Å².